The van der Waals surface area contributed by atoms with Crippen LogP contribution in [0.3, 0.4) is 0 Å². The van der Waals surface area contributed by atoms with Gasteiger partial charge < -0.3 is 10.4 Å². The summed E-state index contributed by atoms with van der Waals surface area (Å²) in [5.41, 5.74) is 0. The lowest BCUT2D eigenvalue weighted by atomic mass is 10.2. The van der Waals surface area contributed by atoms with Gasteiger partial charge in [-0.2, -0.15) is 5.10 Å². The quantitative estimate of drug-likeness (QED) is 0.600. The molecule has 0 fully saturated rings. The summed E-state index contributed by atoms with van der Waals surface area (Å²) in [6, 6.07) is 0. The molecule has 0 radical (unpaired) electrons. The van der Waals surface area contributed by atoms with Crippen LogP contribution in [0.4, 0.5) is 0 Å². The molecule has 6 nitrogen and oxygen atoms in total. The Labute approximate surface area is 88.3 Å². The first-order valence-electron chi connectivity index (χ1n) is 5.03. The predicted octanol–water partition coefficient (Wildman–Crippen LogP) is -0.443. The zero-order valence-electron chi connectivity index (χ0n) is 8.59. The van der Waals surface area contributed by atoms with Gasteiger partial charge in [0.15, 0.2) is 0 Å². The topological polar surface area (TPSA) is 80.0 Å². The number of aromatic nitrogens is 3. The maximum Gasteiger partial charge on any atom is 0.241 e. The van der Waals surface area contributed by atoms with Crippen LogP contribution in [-0.4, -0.2) is 38.9 Å². The van der Waals surface area contributed by atoms with E-state index in [1.54, 1.807) is 0 Å². The highest BCUT2D eigenvalue weighted by Crippen LogP contribution is 1.91. The van der Waals surface area contributed by atoms with Gasteiger partial charge in [-0.05, 0) is 19.3 Å². The van der Waals surface area contributed by atoms with E-state index in [0.29, 0.717) is 6.54 Å². The standard InChI is InChI=1S/C9H16N4O2/c14-5-3-1-2-4-11-9(15)6-13-8-10-7-12-13/h7-8,14H,1-6H2,(H,11,15). The van der Waals surface area contributed by atoms with Gasteiger partial charge in [-0.25, -0.2) is 9.67 Å². The van der Waals surface area contributed by atoms with Gasteiger partial charge in [0, 0.05) is 13.2 Å². The van der Waals surface area contributed by atoms with Gasteiger partial charge in [0.05, 0.1) is 0 Å². The second kappa shape index (κ2) is 6.94. The molecule has 0 saturated heterocycles. The first kappa shape index (κ1) is 11.6. The molecule has 0 aliphatic heterocycles. The van der Waals surface area contributed by atoms with E-state index in [1.807, 2.05) is 0 Å². The molecule has 0 spiro atoms. The fourth-order valence-corrected chi connectivity index (χ4v) is 1.16. The molecule has 0 aliphatic rings. The Morgan fingerprint density at radius 1 is 1.40 bits per heavy atom. The van der Waals surface area contributed by atoms with E-state index in [4.69, 9.17) is 5.11 Å². The molecular formula is C9H16N4O2. The van der Waals surface area contributed by atoms with Gasteiger partial charge in [0.25, 0.3) is 0 Å². The third kappa shape index (κ3) is 5.11. The molecule has 6 heteroatoms. The van der Waals surface area contributed by atoms with Crippen LogP contribution in [0.5, 0.6) is 0 Å². The summed E-state index contributed by atoms with van der Waals surface area (Å²) in [6.07, 6.45) is 5.52. The molecule has 84 valence electrons. The van der Waals surface area contributed by atoms with Crippen molar-refractivity contribution in [3.05, 3.63) is 12.7 Å². The van der Waals surface area contributed by atoms with Crippen molar-refractivity contribution in [1.82, 2.24) is 20.1 Å². The van der Waals surface area contributed by atoms with E-state index in [9.17, 15) is 4.79 Å². The number of unbranched alkanes of at least 4 members (excludes halogenated alkanes) is 2. The number of carbonyl (C=O) groups is 1. The highest BCUT2D eigenvalue weighted by atomic mass is 16.2. The van der Waals surface area contributed by atoms with Gasteiger partial charge in [0.2, 0.25) is 5.91 Å². The molecule has 1 aromatic heterocycles. The summed E-state index contributed by atoms with van der Waals surface area (Å²) >= 11 is 0. The average molecular weight is 212 g/mol. The minimum absolute atomic E-state index is 0.0653. The molecule has 1 aromatic rings. The Bertz CT molecular complexity index is 274. The highest BCUT2D eigenvalue weighted by Gasteiger charge is 2.01. The Morgan fingerprint density at radius 2 is 2.27 bits per heavy atom. The van der Waals surface area contributed by atoms with Crippen LogP contribution in [0.2, 0.25) is 0 Å². The van der Waals surface area contributed by atoms with Gasteiger partial charge in [-0.15, -0.1) is 0 Å². The number of aliphatic hydroxyl groups is 1. The average Bonchev–Trinajstić information content (AvgIpc) is 2.70. The van der Waals surface area contributed by atoms with Crippen LogP contribution < -0.4 is 5.32 Å². The monoisotopic (exact) mass is 212 g/mol. The number of aliphatic hydroxyl groups excluding tert-OH is 1. The minimum Gasteiger partial charge on any atom is -0.396 e. The van der Waals surface area contributed by atoms with Crippen LogP contribution >= 0.6 is 0 Å². The Balaban J connectivity index is 2.04. The smallest absolute Gasteiger partial charge is 0.241 e. The fourth-order valence-electron chi connectivity index (χ4n) is 1.16. The zero-order valence-corrected chi connectivity index (χ0v) is 8.59. The van der Waals surface area contributed by atoms with Gasteiger partial charge in [-0.1, -0.05) is 0 Å². The third-order valence-corrected chi connectivity index (χ3v) is 1.93. The van der Waals surface area contributed by atoms with E-state index in [1.165, 1.54) is 17.3 Å². The number of amides is 1. The van der Waals surface area contributed by atoms with Crippen LogP contribution in [-0.2, 0) is 11.3 Å². The SMILES string of the molecule is O=C(Cn1cncn1)NCCCCCO. The minimum atomic E-state index is -0.0653. The molecule has 0 aliphatic carbocycles. The molecule has 15 heavy (non-hydrogen) atoms. The molecule has 0 aromatic carbocycles. The van der Waals surface area contributed by atoms with Crippen molar-refractivity contribution in [1.29, 1.82) is 0 Å². The fraction of sp³-hybridized carbons (Fsp3) is 0.667. The Hall–Kier alpha value is -1.43. The summed E-state index contributed by atoms with van der Waals surface area (Å²) in [7, 11) is 0. The van der Waals surface area contributed by atoms with Crippen LogP contribution in [0.15, 0.2) is 12.7 Å². The predicted molar refractivity (Wildman–Crippen MR) is 54.0 cm³/mol. The summed E-state index contributed by atoms with van der Waals surface area (Å²) in [6.45, 7) is 1.07. The molecule has 0 unspecified atom stereocenters. The number of hydrogen-bond donors (Lipinski definition) is 2. The largest absolute Gasteiger partial charge is 0.396 e. The lowest BCUT2D eigenvalue weighted by Gasteiger charge is -2.04. The molecule has 1 heterocycles. The number of nitrogens with zero attached hydrogens (tertiary/aromatic N) is 3. The van der Waals surface area contributed by atoms with E-state index in [2.05, 4.69) is 15.4 Å². The van der Waals surface area contributed by atoms with Crippen LogP contribution in [0, 0.1) is 0 Å². The van der Waals surface area contributed by atoms with E-state index >= 15 is 0 Å². The van der Waals surface area contributed by atoms with Gasteiger partial charge in [0.1, 0.15) is 19.2 Å². The van der Waals surface area contributed by atoms with Gasteiger partial charge >= 0.3 is 0 Å². The molecule has 1 rings (SSSR count). The van der Waals surface area contributed by atoms with Crippen molar-refractivity contribution >= 4 is 5.91 Å². The molecule has 2 N–H and O–H groups in total. The first-order valence-corrected chi connectivity index (χ1v) is 5.03. The highest BCUT2D eigenvalue weighted by molar-refractivity contribution is 5.75. The molecule has 1 amide bonds. The third-order valence-electron chi connectivity index (χ3n) is 1.93. The molecule has 0 saturated carbocycles. The molecule has 0 bridgehead atoms. The maximum atomic E-state index is 11.3. The molecule has 0 atom stereocenters. The lowest BCUT2D eigenvalue weighted by Crippen LogP contribution is -2.28. The maximum absolute atomic E-state index is 11.3. The number of hydrogen-bond acceptors (Lipinski definition) is 4. The van der Waals surface area contributed by atoms with E-state index in [-0.39, 0.29) is 19.1 Å². The van der Waals surface area contributed by atoms with Gasteiger partial charge in [-0.3, -0.25) is 4.79 Å². The summed E-state index contributed by atoms with van der Waals surface area (Å²) in [5, 5.41) is 15.1. The van der Waals surface area contributed by atoms with Crippen molar-refractivity contribution < 1.29 is 9.90 Å². The summed E-state index contributed by atoms with van der Waals surface area (Å²) in [4.78, 5) is 15.0. The Kier molecular flexibility index (Phi) is 5.39. The zero-order chi connectivity index (χ0) is 10.9. The normalized spacial score (nSPS) is 10.2. The van der Waals surface area contributed by atoms with Crippen molar-refractivity contribution in [2.45, 2.75) is 25.8 Å². The van der Waals surface area contributed by atoms with Crippen molar-refractivity contribution in [3.63, 3.8) is 0 Å². The number of nitrogens with one attached hydrogen (secondary N) is 1. The first-order chi connectivity index (χ1) is 7.33. The van der Waals surface area contributed by atoms with E-state index < -0.39 is 0 Å². The van der Waals surface area contributed by atoms with Crippen molar-refractivity contribution in [3.8, 4) is 0 Å². The lowest BCUT2D eigenvalue weighted by molar-refractivity contribution is -0.121. The molecular weight excluding hydrogens is 196 g/mol. The van der Waals surface area contributed by atoms with Crippen molar-refractivity contribution in [2.75, 3.05) is 13.2 Å². The van der Waals surface area contributed by atoms with Crippen LogP contribution in [0.25, 0.3) is 0 Å². The second-order valence-electron chi connectivity index (χ2n) is 3.23. The number of carbonyl (C=O) groups excluding carboxylic acids is 1. The number of rotatable bonds is 7. The summed E-state index contributed by atoms with van der Waals surface area (Å²) < 4.78 is 1.48. The van der Waals surface area contributed by atoms with Crippen molar-refractivity contribution in [2.24, 2.45) is 0 Å². The van der Waals surface area contributed by atoms with E-state index in [0.717, 1.165) is 19.3 Å². The van der Waals surface area contributed by atoms with Crippen LogP contribution in [0.1, 0.15) is 19.3 Å². The Morgan fingerprint density at radius 3 is 2.93 bits per heavy atom. The second-order valence-corrected chi connectivity index (χ2v) is 3.23. The summed E-state index contributed by atoms with van der Waals surface area (Å²) in [5.74, 6) is -0.0653.